The smallest absolute Gasteiger partial charge is 0.328 e. The number of aromatic nitrogens is 1. The molecule has 0 aromatic carbocycles. The van der Waals surface area contributed by atoms with E-state index < -0.39 is 18.0 Å². The Bertz CT molecular complexity index is 530. The zero-order valence-corrected chi connectivity index (χ0v) is 11.9. The predicted molar refractivity (Wildman–Crippen MR) is 75.8 cm³/mol. The molecular weight excluding hydrogens is 276 g/mol. The number of methoxy groups -OCH3 is 1. The van der Waals surface area contributed by atoms with E-state index in [9.17, 15) is 14.7 Å². The number of likely N-dealkylation sites (N-methyl/N-ethyl adjacent to an activating group) is 1. The highest BCUT2D eigenvalue weighted by atomic mass is 16.5. The lowest BCUT2D eigenvalue weighted by Crippen LogP contribution is -2.36. The Balaban J connectivity index is 2.89. The van der Waals surface area contributed by atoms with Gasteiger partial charge in [0, 0.05) is 38.5 Å². The topological polar surface area (TPSA) is 100.0 Å². The molecule has 0 fully saturated rings. The molecule has 0 saturated carbocycles. The average molecular weight is 294 g/mol. The minimum Gasteiger partial charge on any atom is -0.478 e. The molecule has 1 aromatic rings. The minimum absolute atomic E-state index is 0.0886. The van der Waals surface area contributed by atoms with Crippen molar-refractivity contribution in [1.29, 1.82) is 0 Å². The van der Waals surface area contributed by atoms with Crippen LogP contribution in [0, 0.1) is 0 Å². The summed E-state index contributed by atoms with van der Waals surface area (Å²) >= 11 is 0. The molecule has 1 aromatic heterocycles. The Hall–Kier alpha value is -2.25. The Morgan fingerprint density at radius 3 is 2.86 bits per heavy atom. The van der Waals surface area contributed by atoms with Crippen LogP contribution in [-0.2, 0) is 9.53 Å². The van der Waals surface area contributed by atoms with Gasteiger partial charge in [-0.1, -0.05) is 6.07 Å². The molecule has 0 spiro atoms. The maximum absolute atomic E-state index is 12.3. The van der Waals surface area contributed by atoms with Crippen LogP contribution in [0.15, 0.2) is 24.4 Å². The molecule has 2 N–H and O–H groups in total. The highest BCUT2D eigenvalue weighted by molar-refractivity contribution is 5.97. The number of carboxylic acids is 1. The van der Waals surface area contributed by atoms with Crippen LogP contribution in [0.2, 0.25) is 0 Å². The van der Waals surface area contributed by atoms with Gasteiger partial charge in [0.1, 0.15) is 5.69 Å². The molecule has 0 aliphatic heterocycles. The molecule has 1 atom stereocenters. The summed E-state index contributed by atoms with van der Waals surface area (Å²) in [6.07, 6.45) is 2.89. The van der Waals surface area contributed by atoms with E-state index in [1.165, 1.54) is 31.3 Å². The number of amides is 1. The van der Waals surface area contributed by atoms with Crippen LogP contribution < -0.4 is 0 Å². The van der Waals surface area contributed by atoms with Gasteiger partial charge >= 0.3 is 5.97 Å². The average Bonchev–Trinajstić information content (AvgIpc) is 2.44. The summed E-state index contributed by atoms with van der Waals surface area (Å²) in [5, 5.41) is 18.3. The number of nitrogens with zero attached hydrogens (tertiary/aromatic N) is 2. The second-order valence-electron chi connectivity index (χ2n) is 4.41. The fraction of sp³-hybridized carbons (Fsp3) is 0.357. The van der Waals surface area contributed by atoms with Crippen molar-refractivity contribution in [2.75, 3.05) is 27.3 Å². The number of aliphatic carboxylic acids is 1. The molecule has 1 heterocycles. The van der Waals surface area contributed by atoms with E-state index in [2.05, 4.69) is 4.98 Å². The summed E-state index contributed by atoms with van der Waals surface area (Å²) in [6.45, 7) is 0.205. The van der Waals surface area contributed by atoms with Crippen molar-refractivity contribution >= 4 is 18.0 Å². The van der Waals surface area contributed by atoms with Crippen molar-refractivity contribution in [2.24, 2.45) is 0 Å². The highest BCUT2D eigenvalue weighted by Crippen LogP contribution is 2.10. The van der Waals surface area contributed by atoms with Gasteiger partial charge < -0.3 is 19.8 Å². The first kappa shape index (κ1) is 16.8. The second kappa shape index (κ2) is 8.13. The molecule has 1 rings (SSSR count). The fourth-order valence-electron chi connectivity index (χ4n) is 1.72. The maximum atomic E-state index is 12.3. The largest absolute Gasteiger partial charge is 0.478 e. The van der Waals surface area contributed by atoms with Gasteiger partial charge in [0.25, 0.3) is 5.91 Å². The monoisotopic (exact) mass is 294 g/mol. The highest BCUT2D eigenvalue weighted by Gasteiger charge is 2.18. The van der Waals surface area contributed by atoms with E-state index in [1.54, 1.807) is 12.1 Å². The number of hydrogen-bond donors (Lipinski definition) is 2. The van der Waals surface area contributed by atoms with Crippen molar-refractivity contribution in [3.63, 3.8) is 0 Å². The molecule has 0 radical (unpaired) electrons. The van der Waals surface area contributed by atoms with Crippen molar-refractivity contribution in [3.8, 4) is 0 Å². The lowest BCUT2D eigenvalue weighted by atomic mass is 10.1. The maximum Gasteiger partial charge on any atom is 0.328 e. The third kappa shape index (κ3) is 5.33. The molecule has 21 heavy (non-hydrogen) atoms. The van der Waals surface area contributed by atoms with E-state index in [0.717, 1.165) is 6.08 Å². The number of carbonyl (C=O) groups excluding carboxylic acids is 1. The van der Waals surface area contributed by atoms with E-state index in [0.29, 0.717) is 5.56 Å². The van der Waals surface area contributed by atoms with Crippen LogP contribution in [0.1, 0.15) is 16.1 Å². The quantitative estimate of drug-likeness (QED) is 0.700. The van der Waals surface area contributed by atoms with E-state index in [1.807, 2.05) is 0 Å². The summed E-state index contributed by atoms with van der Waals surface area (Å²) in [5.41, 5.74) is 0.528. The summed E-state index contributed by atoms with van der Waals surface area (Å²) in [4.78, 5) is 28.1. The fourth-order valence-corrected chi connectivity index (χ4v) is 1.72. The molecular formula is C14H18N2O5. The minimum atomic E-state index is -1.11. The van der Waals surface area contributed by atoms with Crippen molar-refractivity contribution < 1.29 is 24.5 Å². The molecule has 7 heteroatoms. The van der Waals surface area contributed by atoms with Gasteiger partial charge in [-0.2, -0.15) is 0 Å². The van der Waals surface area contributed by atoms with Crippen LogP contribution >= 0.6 is 0 Å². The molecule has 0 saturated heterocycles. The van der Waals surface area contributed by atoms with Gasteiger partial charge in [-0.15, -0.1) is 0 Å². The molecule has 1 unspecified atom stereocenters. The van der Waals surface area contributed by atoms with Crippen LogP contribution in [0.5, 0.6) is 0 Å². The predicted octanol–water partition coefficient (Wildman–Crippen LogP) is 0.259. The first-order valence-electron chi connectivity index (χ1n) is 6.24. The van der Waals surface area contributed by atoms with Gasteiger partial charge in [-0.25, -0.2) is 4.79 Å². The lowest BCUT2D eigenvalue weighted by molar-refractivity contribution is -0.131. The van der Waals surface area contributed by atoms with Crippen molar-refractivity contribution in [1.82, 2.24) is 9.88 Å². The standard InChI is InChI=1S/C14H18N2O5/c1-16(8-11(17)9-21-2)14(20)13-10(4-3-7-15-13)5-6-12(18)19/h3-7,11,17H,8-9H2,1-2H3,(H,18,19)/b6-5+. The van der Waals surface area contributed by atoms with Gasteiger partial charge in [-0.3, -0.25) is 9.78 Å². The zero-order valence-electron chi connectivity index (χ0n) is 11.9. The Morgan fingerprint density at radius 1 is 1.52 bits per heavy atom. The van der Waals surface area contributed by atoms with Gasteiger partial charge in [0.15, 0.2) is 0 Å². The summed E-state index contributed by atoms with van der Waals surface area (Å²) in [5.74, 6) is -1.52. The van der Waals surface area contributed by atoms with Crippen LogP contribution in [0.4, 0.5) is 0 Å². The molecule has 1 amide bonds. The number of hydrogen-bond acceptors (Lipinski definition) is 5. The lowest BCUT2D eigenvalue weighted by Gasteiger charge is -2.20. The van der Waals surface area contributed by atoms with E-state index >= 15 is 0 Å². The van der Waals surface area contributed by atoms with E-state index in [4.69, 9.17) is 9.84 Å². The van der Waals surface area contributed by atoms with Gasteiger partial charge in [0.2, 0.25) is 0 Å². The number of carboxylic acid groups (broad SMARTS) is 1. The van der Waals surface area contributed by atoms with Gasteiger partial charge in [-0.05, 0) is 12.1 Å². The first-order chi connectivity index (χ1) is 9.95. The Kier molecular flexibility index (Phi) is 6.51. The van der Waals surface area contributed by atoms with Crippen molar-refractivity contribution in [3.05, 3.63) is 35.7 Å². The van der Waals surface area contributed by atoms with Crippen molar-refractivity contribution in [2.45, 2.75) is 6.10 Å². The van der Waals surface area contributed by atoms with Crippen LogP contribution in [0.25, 0.3) is 6.08 Å². The normalized spacial score (nSPS) is 12.3. The summed E-state index contributed by atoms with van der Waals surface area (Å²) in [6, 6.07) is 3.21. The third-order valence-electron chi connectivity index (χ3n) is 2.64. The van der Waals surface area contributed by atoms with Crippen LogP contribution in [-0.4, -0.2) is 65.4 Å². The number of ether oxygens (including phenoxy) is 1. The Morgan fingerprint density at radius 2 is 2.24 bits per heavy atom. The number of aliphatic hydroxyl groups is 1. The number of carbonyl (C=O) groups is 2. The molecule has 7 nitrogen and oxygen atoms in total. The molecule has 114 valence electrons. The SMILES string of the molecule is COCC(O)CN(C)C(=O)c1ncccc1/C=C/C(=O)O. The molecule has 0 bridgehead atoms. The first-order valence-corrected chi connectivity index (χ1v) is 6.24. The second-order valence-corrected chi connectivity index (χ2v) is 4.41. The van der Waals surface area contributed by atoms with Crippen LogP contribution in [0.3, 0.4) is 0 Å². The van der Waals surface area contributed by atoms with Gasteiger partial charge in [0.05, 0.1) is 12.7 Å². The number of pyridine rings is 1. The summed E-state index contributed by atoms with van der Waals surface area (Å²) < 4.78 is 4.80. The number of aliphatic hydroxyl groups excluding tert-OH is 1. The third-order valence-corrected chi connectivity index (χ3v) is 2.64. The zero-order chi connectivity index (χ0) is 15.8. The number of rotatable bonds is 7. The van der Waals surface area contributed by atoms with E-state index in [-0.39, 0.29) is 18.8 Å². The summed E-state index contributed by atoms with van der Waals surface area (Å²) in [7, 11) is 2.99. The Labute approximate surface area is 122 Å². The molecule has 0 aliphatic carbocycles. The molecule has 0 aliphatic rings.